The third-order valence-corrected chi connectivity index (χ3v) is 22.5. The van der Waals surface area contributed by atoms with Crippen molar-refractivity contribution in [3.63, 3.8) is 0 Å². The Kier molecular flexibility index (Phi) is 16.7. The Labute approximate surface area is 635 Å². The fourth-order valence-electron chi connectivity index (χ4n) is 15.8. The summed E-state index contributed by atoms with van der Waals surface area (Å²) in [6.45, 7) is 8.07. The second kappa shape index (κ2) is 27.2. The molecule has 108 heavy (non-hydrogen) atoms. The zero-order chi connectivity index (χ0) is 72.6. The average molecular weight is 1460 g/mol. The Bertz CT molecular complexity index is 6300. The van der Waals surface area contributed by atoms with E-state index in [1.807, 2.05) is 149 Å². The van der Waals surface area contributed by atoms with E-state index in [9.17, 15) is 0 Å². The molecule has 0 amide bonds. The van der Waals surface area contributed by atoms with E-state index in [1.54, 1.807) is 0 Å². The van der Waals surface area contributed by atoms with Crippen molar-refractivity contribution in [1.29, 1.82) is 0 Å². The first-order chi connectivity index (χ1) is 52.8. The SMILES string of the molecule is Brc1ccc2c(c1)Cc1cc3ccc(-n4c5ccccc5c5ccccc54)cc3cc1C2.CC1(C)OB(c2nc(-c3ccccc3)nc(-c3ccccc3)n2)OC1(C)C.c1ccc(-c2nc(-c3ccccc3)nc(-c3ccc4c(c3)Cc3cc5ccc(-n6c7ccccc7c7ccccc76)cc5cc3C4)n2)cc1. The van der Waals surface area contributed by atoms with Gasteiger partial charge in [0.1, 0.15) is 0 Å². The van der Waals surface area contributed by atoms with Gasteiger partial charge in [-0.1, -0.05) is 265 Å². The standard InChI is InChI=1S/C45H30N4.C30H20BrN.C21H22BN3O2/c1-3-11-29(12-4-1)43-46-44(30-13-5-2-6-14-30)48-45(47-43)33-20-19-31-23-36-27-37-28-38(22-21-32(37)24-35(36)26-34(31)25-33)49-41-17-9-7-15-39(41)40-16-8-10-18-42(40)49;31-25-11-9-19-13-22-16-24-18-26(12-10-20(24)14-21(22)15-23(19)17-25)32-29-7-3-1-5-27(29)28-6-2-4-8-30(28)32;1-20(2)21(3,4)27-22(26-20)19-24-17(15-11-7-5-8-12-15)23-18(25-19)16-13-9-6-10-14-16/h1-22,24-25,27-28H,23,26H2;1-12,14,16-18H,13,15H2;5-14H,1-4H3. The third kappa shape index (κ3) is 12.4. The van der Waals surface area contributed by atoms with Gasteiger partial charge in [0.05, 0.1) is 33.3 Å². The van der Waals surface area contributed by atoms with Gasteiger partial charge in [0, 0.05) is 65.2 Å². The third-order valence-electron chi connectivity index (χ3n) is 22.0. The smallest absolute Gasteiger partial charge is 0.397 e. The lowest BCUT2D eigenvalue weighted by molar-refractivity contribution is 0.00578. The molecule has 4 aromatic heterocycles. The maximum Gasteiger partial charge on any atom is 0.534 e. The first kappa shape index (κ1) is 66.4. The van der Waals surface area contributed by atoms with E-state index in [2.05, 4.69) is 234 Å². The van der Waals surface area contributed by atoms with Crippen molar-refractivity contribution in [2.75, 3.05) is 0 Å². The molecule has 0 N–H and O–H groups in total. The topological polar surface area (TPSA) is 106 Å². The zero-order valence-corrected chi connectivity index (χ0v) is 61.8. The molecule has 10 nitrogen and oxygen atoms in total. The van der Waals surface area contributed by atoms with Crippen molar-refractivity contribution >= 4 is 93.9 Å². The molecule has 1 aliphatic heterocycles. The largest absolute Gasteiger partial charge is 0.534 e. The molecule has 0 bridgehead atoms. The van der Waals surface area contributed by atoms with Crippen molar-refractivity contribution in [2.24, 2.45) is 0 Å². The van der Waals surface area contributed by atoms with E-state index in [0.29, 0.717) is 34.8 Å². The second-order valence-electron chi connectivity index (χ2n) is 29.3. The Morgan fingerprint density at radius 2 is 0.583 bits per heavy atom. The zero-order valence-electron chi connectivity index (χ0n) is 60.2. The summed E-state index contributed by atoms with van der Waals surface area (Å²) in [5.74, 6) is 3.26. The summed E-state index contributed by atoms with van der Waals surface area (Å²) in [4.78, 5) is 28.9. The molecule has 518 valence electrons. The number of halogens is 1. The Balaban J connectivity index is 0.000000117. The first-order valence-electron chi connectivity index (χ1n) is 36.9. The van der Waals surface area contributed by atoms with Gasteiger partial charge in [0.2, 0.25) is 0 Å². The van der Waals surface area contributed by atoms with E-state index < -0.39 is 18.3 Å². The summed E-state index contributed by atoms with van der Waals surface area (Å²) in [6.07, 6.45) is 3.80. The summed E-state index contributed by atoms with van der Waals surface area (Å²) in [5.41, 5.74) is 23.0. The van der Waals surface area contributed by atoms with Gasteiger partial charge < -0.3 is 18.4 Å². The summed E-state index contributed by atoms with van der Waals surface area (Å²) in [7, 11) is -0.636. The maximum atomic E-state index is 6.16. The minimum atomic E-state index is -0.636. The summed E-state index contributed by atoms with van der Waals surface area (Å²) < 4.78 is 18.3. The van der Waals surface area contributed by atoms with Gasteiger partial charge in [-0.15, -0.1) is 0 Å². The quantitative estimate of drug-likeness (QED) is 0.139. The van der Waals surface area contributed by atoms with Crippen LogP contribution in [0.5, 0.6) is 0 Å². The monoisotopic (exact) mass is 1460 g/mol. The number of benzene rings is 14. The highest BCUT2D eigenvalue weighted by molar-refractivity contribution is 9.10. The molecule has 1 fully saturated rings. The van der Waals surface area contributed by atoms with Crippen LogP contribution in [0, 0.1) is 0 Å². The van der Waals surface area contributed by atoms with Gasteiger partial charge >= 0.3 is 7.12 Å². The summed E-state index contributed by atoms with van der Waals surface area (Å²) in [6, 6.07) is 112. The van der Waals surface area contributed by atoms with Crippen molar-refractivity contribution in [3.05, 3.63) is 364 Å². The predicted octanol–water partition coefficient (Wildman–Crippen LogP) is 22.3. The number of hydrogen-bond acceptors (Lipinski definition) is 8. The van der Waals surface area contributed by atoms with E-state index in [4.69, 9.17) is 24.3 Å². The molecule has 18 aromatic rings. The van der Waals surface area contributed by atoms with Crippen molar-refractivity contribution in [3.8, 4) is 68.3 Å². The number of aromatic nitrogens is 8. The van der Waals surface area contributed by atoms with Gasteiger partial charge in [0.25, 0.3) is 0 Å². The Morgan fingerprint density at radius 1 is 0.278 bits per heavy atom. The van der Waals surface area contributed by atoms with Crippen molar-refractivity contribution in [2.45, 2.75) is 64.6 Å². The van der Waals surface area contributed by atoms with Gasteiger partial charge in [0.15, 0.2) is 34.8 Å². The van der Waals surface area contributed by atoms with E-state index in [1.165, 1.54) is 121 Å². The van der Waals surface area contributed by atoms with Crippen LogP contribution in [0.15, 0.2) is 320 Å². The van der Waals surface area contributed by atoms with Crippen LogP contribution in [0.3, 0.4) is 0 Å². The van der Waals surface area contributed by atoms with Crippen molar-refractivity contribution in [1.82, 2.24) is 39.0 Å². The molecule has 1 saturated heterocycles. The van der Waals surface area contributed by atoms with Crippen LogP contribution < -0.4 is 5.72 Å². The average Bonchev–Trinajstić information content (AvgIpc) is 1.38. The number of nitrogens with zero attached hydrogens (tertiary/aromatic N) is 8. The van der Waals surface area contributed by atoms with Crippen LogP contribution in [0.1, 0.15) is 72.2 Å². The van der Waals surface area contributed by atoms with Crippen LogP contribution >= 0.6 is 15.9 Å². The van der Waals surface area contributed by atoms with E-state index in [0.717, 1.165) is 58.0 Å². The van der Waals surface area contributed by atoms with Gasteiger partial charge in [-0.3, -0.25) is 0 Å². The second-order valence-corrected chi connectivity index (χ2v) is 30.3. The number of fused-ring (bicyclic) bond motifs is 12. The van der Waals surface area contributed by atoms with E-state index in [-0.39, 0.29) is 0 Å². The molecule has 0 atom stereocenters. The lowest BCUT2D eigenvalue weighted by Crippen LogP contribution is -2.41. The van der Waals surface area contributed by atoms with Crippen LogP contribution in [-0.2, 0) is 35.0 Å². The minimum absolute atomic E-state index is 0.454. The highest BCUT2D eigenvalue weighted by atomic mass is 79.9. The van der Waals surface area contributed by atoms with Crippen LogP contribution in [0.2, 0.25) is 0 Å². The predicted molar refractivity (Wildman–Crippen MR) is 444 cm³/mol. The molecule has 0 spiro atoms. The Hall–Kier alpha value is -12.3. The van der Waals surface area contributed by atoms with Crippen LogP contribution in [0.4, 0.5) is 0 Å². The number of para-hydroxylation sites is 4. The highest BCUT2D eigenvalue weighted by Gasteiger charge is 2.53. The first-order valence-corrected chi connectivity index (χ1v) is 37.7. The molecule has 5 heterocycles. The Morgan fingerprint density at radius 3 is 0.972 bits per heavy atom. The van der Waals surface area contributed by atoms with Crippen LogP contribution in [0.25, 0.3) is 133 Å². The molecule has 14 aromatic carbocycles. The highest BCUT2D eigenvalue weighted by Crippen LogP contribution is 2.41. The van der Waals surface area contributed by atoms with Crippen LogP contribution in [-0.4, -0.2) is 57.4 Å². The molecule has 12 heteroatoms. The van der Waals surface area contributed by atoms with Gasteiger partial charge in [-0.05, 0) is 186 Å². The normalized spacial score (nSPS) is 13.9. The molecule has 0 radical (unpaired) electrons. The molecular formula is C96H72BBrN8O2. The molecular weight excluding hydrogens is 1390 g/mol. The van der Waals surface area contributed by atoms with Crippen molar-refractivity contribution < 1.29 is 9.31 Å². The minimum Gasteiger partial charge on any atom is -0.397 e. The number of hydrogen-bond donors (Lipinski definition) is 0. The fraction of sp³-hybridized carbons (Fsp3) is 0.104. The molecule has 2 aliphatic carbocycles. The fourth-order valence-corrected chi connectivity index (χ4v) is 16.2. The maximum absolute atomic E-state index is 6.16. The van der Waals surface area contributed by atoms with Gasteiger partial charge in [-0.25, -0.2) is 29.9 Å². The molecule has 3 aliphatic rings. The van der Waals surface area contributed by atoms with Gasteiger partial charge in [-0.2, -0.15) is 0 Å². The molecule has 0 saturated carbocycles. The summed E-state index contributed by atoms with van der Waals surface area (Å²) in [5, 5.41) is 10.3. The lowest BCUT2D eigenvalue weighted by Gasteiger charge is -2.32. The number of rotatable bonds is 8. The molecule has 21 rings (SSSR count). The van der Waals surface area contributed by atoms with E-state index >= 15 is 0 Å². The lowest BCUT2D eigenvalue weighted by atomic mass is 9.84. The molecule has 0 unspecified atom stereocenters. The summed E-state index contributed by atoms with van der Waals surface area (Å²) >= 11 is 3.63.